The van der Waals surface area contributed by atoms with E-state index in [1.165, 1.54) is 4.90 Å². The van der Waals surface area contributed by atoms with Gasteiger partial charge in [-0.15, -0.1) is 0 Å². The lowest BCUT2D eigenvalue weighted by molar-refractivity contribution is -0.380. The van der Waals surface area contributed by atoms with Gasteiger partial charge in [0.25, 0.3) is 0 Å². The van der Waals surface area contributed by atoms with Crippen LogP contribution in [-0.4, -0.2) is 28.3 Å². The largest absolute Gasteiger partial charge is 0.345 e. The van der Waals surface area contributed by atoms with Crippen LogP contribution in [0.25, 0.3) is 0 Å². The fraction of sp³-hybridized carbons (Fsp3) is 0.214. The molecule has 1 fully saturated rings. The summed E-state index contributed by atoms with van der Waals surface area (Å²) in [5, 5.41) is 13.7. The number of halogens is 1. The number of rotatable bonds is 4. The molecule has 8 nitrogen and oxygen atoms in total. The summed E-state index contributed by atoms with van der Waals surface area (Å²) in [7, 11) is 0. The fourth-order valence-corrected chi connectivity index (χ4v) is 3.13. The molecule has 124 valence electrons. The smallest absolute Gasteiger partial charge is 0.312 e. The second kappa shape index (κ2) is 6.54. The van der Waals surface area contributed by atoms with Crippen LogP contribution in [0, 0.1) is 16.0 Å². The van der Waals surface area contributed by atoms with E-state index in [0.717, 1.165) is 17.5 Å². The van der Waals surface area contributed by atoms with Gasteiger partial charge in [-0.1, -0.05) is 11.6 Å². The van der Waals surface area contributed by atoms with E-state index in [4.69, 9.17) is 11.6 Å². The number of benzene rings is 1. The Balaban J connectivity index is 1.67. The van der Waals surface area contributed by atoms with E-state index in [1.807, 2.05) is 0 Å². The number of carbonyl (C=O) groups is 2. The molecule has 0 bridgehead atoms. The third-order valence-electron chi connectivity index (χ3n) is 3.54. The zero-order chi connectivity index (χ0) is 17.3. The molecule has 0 saturated carbocycles. The number of anilines is 2. The Labute approximate surface area is 145 Å². The molecule has 1 saturated heterocycles. The Morgan fingerprint density at radius 1 is 1.42 bits per heavy atom. The summed E-state index contributed by atoms with van der Waals surface area (Å²) in [4.78, 5) is 39.7. The maximum absolute atomic E-state index is 12.3. The van der Waals surface area contributed by atoms with Crippen molar-refractivity contribution in [2.24, 2.45) is 5.92 Å². The zero-order valence-corrected chi connectivity index (χ0v) is 13.7. The van der Waals surface area contributed by atoms with Crippen molar-refractivity contribution in [2.75, 3.05) is 16.8 Å². The van der Waals surface area contributed by atoms with Crippen molar-refractivity contribution in [2.45, 2.75) is 6.42 Å². The second-order valence-corrected chi connectivity index (χ2v) is 6.58. The first-order chi connectivity index (χ1) is 11.4. The van der Waals surface area contributed by atoms with Gasteiger partial charge in [0.2, 0.25) is 11.8 Å². The van der Waals surface area contributed by atoms with E-state index in [9.17, 15) is 19.7 Å². The highest BCUT2D eigenvalue weighted by Crippen LogP contribution is 2.29. The summed E-state index contributed by atoms with van der Waals surface area (Å²) in [5.74, 6) is -1.09. The number of thiazole rings is 1. The van der Waals surface area contributed by atoms with Crippen LogP contribution in [-0.2, 0) is 9.59 Å². The predicted molar refractivity (Wildman–Crippen MR) is 89.3 cm³/mol. The molecule has 2 amide bonds. The van der Waals surface area contributed by atoms with Crippen molar-refractivity contribution in [1.82, 2.24) is 4.98 Å². The van der Waals surface area contributed by atoms with Gasteiger partial charge in [0.15, 0.2) is 5.13 Å². The van der Waals surface area contributed by atoms with Gasteiger partial charge in [-0.3, -0.25) is 19.7 Å². The molecule has 3 rings (SSSR count). The lowest BCUT2D eigenvalue weighted by Gasteiger charge is -2.16. The van der Waals surface area contributed by atoms with Crippen LogP contribution in [0.4, 0.5) is 15.8 Å². The van der Waals surface area contributed by atoms with Gasteiger partial charge in [0.1, 0.15) is 6.20 Å². The summed E-state index contributed by atoms with van der Waals surface area (Å²) in [5.41, 5.74) is 0.671. The number of nitro groups is 1. The first-order valence-electron chi connectivity index (χ1n) is 6.91. The minimum absolute atomic E-state index is 0.0714. The van der Waals surface area contributed by atoms with E-state index in [1.54, 1.807) is 24.3 Å². The van der Waals surface area contributed by atoms with Crippen LogP contribution < -0.4 is 10.2 Å². The Morgan fingerprint density at radius 3 is 2.75 bits per heavy atom. The van der Waals surface area contributed by atoms with E-state index >= 15 is 0 Å². The highest BCUT2D eigenvalue weighted by molar-refractivity contribution is 7.18. The summed E-state index contributed by atoms with van der Waals surface area (Å²) in [6.45, 7) is 0.236. The molecule has 2 aromatic rings. The number of amides is 2. The molecule has 2 heterocycles. The van der Waals surface area contributed by atoms with Gasteiger partial charge in [-0.25, -0.2) is 4.98 Å². The Bertz CT molecular complexity index is 807. The van der Waals surface area contributed by atoms with Crippen LogP contribution >= 0.6 is 22.9 Å². The second-order valence-electron chi connectivity index (χ2n) is 5.13. The number of aromatic nitrogens is 1. The van der Waals surface area contributed by atoms with Crippen molar-refractivity contribution in [1.29, 1.82) is 0 Å². The molecule has 0 aliphatic carbocycles. The van der Waals surface area contributed by atoms with E-state index in [2.05, 4.69) is 10.3 Å². The lowest BCUT2D eigenvalue weighted by atomic mass is 10.1. The Kier molecular flexibility index (Phi) is 4.45. The van der Waals surface area contributed by atoms with Crippen LogP contribution in [0.5, 0.6) is 0 Å². The molecule has 0 spiro atoms. The minimum Gasteiger partial charge on any atom is -0.312 e. The maximum Gasteiger partial charge on any atom is 0.345 e. The van der Waals surface area contributed by atoms with Gasteiger partial charge < -0.3 is 10.2 Å². The van der Waals surface area contributed by atoms with Crippen molar-refractivity contribution >= 4 is 50.6 Å². The molecule has 1 N–H and O–H groups in total. The number of hydrogen-bond donors (Lipinski definition) is 1. The van der Waals surface area contributed by atoms with Crippen molar-refractivity contribution in [3.8, 4) is 0 Å². The molecular weight excluding hydrogens is 356 g/mol. The standard InChI is InChI=1S/C14H11ClN4O4S/c15-9-1-3-10(4-2-9)18-7-8(5-11(18)20)13(21)17-14-16-6-12(24-14)19(22)23/h1-4,6,8H,5,7H2,(H,16,17,21). The molecule has 24 heavy (non-hydrogen) atoms. The van der Waals surface area contributed by atoms with Gasteiger partial charge in [-0.2, -0.15) is 0 Å². The molecule has 1 aromatic carbocycles. The highest BCUT2D eigenvalue weighted by Gasteiger charge is 2.35. The van der Waals surface area contributed by atoms with E-state index in [0.29, 0.717) is 10.7 Å². The lowest BCUT2D eigenvalue weighted by Crippen LogP contribution is -2.28. The van der Waals surface area contributed by atoms with Crippen LogP contribution in [0.15, 0.2) is 30.5 Å². The molecule has 0 radical (unpaired) electrons. The molecule has 10 heteroatoms. The summed E-state index contributed by atoms with van der Waals surface area (Å²) < 4.78 is 0. The van der Waals surface area contributed by atoms with Crippen molar-refractivity contribution < 1.29 is 14.5 Å². The quantitative estimate of drug-likeness (QED) is 0.661. The average molecular weight is 367 g/mol. The zero-order valence-electron chi connectivity index (χ0n) is 12.1. The molecule has 1 aliphatic rings. The summed E-state index contributed by atoms with van der Waals surface area (Å²) in [6.07, 6.45) is 1.15. The third kappa shape index (κ3) is 3.36. The van der Waals surface area contributed by atoms with Crippen LogP contribution in [0.2, 0.25) is 5.02 Å². The van der Waals surface area contributed by atoms with Crippen LogP contribution in [0.3, 0.4) is 0 Å². The summed E-state index contributed by atoms with van der Waals surface area (Å²) >= 11 is 6.60. The van der Waals surface area contributed by atoms with Crippen molar-refractivity contribution in [3.05, 3.63) is 45.6 Å². The van der Waals surface area contributed by atoms with Crippen molar-refractivity contribution in [3.63, 3.8) is 0 Å². The fourth-order valence-electron chi connectivity index (χ4n) is 2.37. The number of nitrogens with zero attached hydrogens (tertiary/aromatic N) is 3. The third-order valence-corrected chi connectivity index (χ3v) is 4.65. The minimum atomic E-state index is -0.575. The topological polar surface area (TPSA) is 105 Å². The monoisotopic (exact) mass is 366 g/mol. The molecule has 1 atom stereocenters. The van der Waals surface area contributed by atoms with Gasteiger partial charge in [0, 0.05) is 23.7 Å². The SMILES string of the molecule is O=C(Nc1ncc([N+](=O)[O-])s1)C1CC(=O)N(c2ccc(Cl)cc2)C1. The number of carbonyl (C=O) groups excluding carboxylic acids is 2. The first kappa shape index (κ1) is 16.3. The highest BCUT2D eigenvalue weighted by atomic mass is 35.5. The predicted octanol–water partition coefficient (Wildman–Crippen LogP) is 2.70. The summed E-state index contributed by atoms with van der Waals surface area (Å²) in [6, 6.07) is 6.77. The molecule has 1 aliphatic heterocycles. The first-order valence-corrected chi connectivity index (χ1v) is 8.10. The maximum atomic E-state index is 12.3. The normalized spacial score (nSPS) is 17.1. The average Bonchev–Trinajstić information content (AvgIpc) is 3.15. The van der Waals surface area contributed by atoms with E-state index in [-0.39, 0.29) is 34.9 Å². The number of hydrogen-bond acceptors (Lipinski definition) is 6. The Morgan fingerprint density at radius 2 is 2.12 bits per heavy atom. The molecular formula is C14H11ClN4O4S. The number of nitrogens with one attached hydrogen (secondary N) is 1. The van der Waals surface area contributed by atoms with Gasteiger partial charge in [0.05, 0.1) is 10.8 Å². The Hall–Kier alpha value is -2.52. The van der Waals surface area contributed by atoms with E-state index < -0.39 is 10.8 Å². The van der Waals surface area contributed by atoms with Crippen LogP contribution in [0.1, 0.15) is 6.42 Å². The molecule has 1 aromatic heterocycles. The van der Waals surface area contributed by atoms with Gasteiger partial charge >= 0.3 is 5.00 Å². The van der Waals surface area contributed by atoms with Gasteiger partial charge in [-0.05, 0) is 35.6 Å². The molecule has 1 unspecified atom stereocenters.